The molecule has 0 unspecified atom stereocenters. The summed E-state index contributed by atoms with van der Waals surface area (Å²) in [5.41, 5.74) is 2.21. The van der Waals surface area contributed by atoms with E-state index in [4.69, 9.17) is 11.6 Å². The second-order valence-electron chi connectivity index (χ2n) is 8.44. The number of benzene rings is 3. The molecule has 0 amide bonds. The number of halogens is 2. The third-order valence-corrected chi connectivity index (χ3v) is 7.43. The highest BCUT2D eigenvalue weighted by Gasteiger charge is 2.14. The van der Waals surface area contributed by atoms with Crippen molar-refractivity contribution in [3.05, 3.63) is 83.8 Å². The molecule has 1 heterocycles. The van der Waals surface area contributed by atoms with Crippen LogP contribution in [-0.4, -0.2) is 11.0 Å². The molecule has 1 saturated carbocycles. The maximum absolute atomic E-state index is 14.8. The van der Waals surface area contributed by atoms with E-state index in [1.54, 1.807) is 12.1 Å². The van der Waals surface area contributed by atoms with Crippen molar-refractivity contribution in [2.75, 3.05) is 10.0 Å². The number of aromatic nitrogens is 1. The zero-order valence-electron chi connectivity index (χ0n) is 18.2. The molecule has 33 heavy (non-hydrogen) atoms. The van der Waals surface area contributed by atoms with Crippen molar-refractivity contribution in [2.45, 2.75) is 43.0 Å². The summed E-state index contributed by atoms with van der Waals surface area (Å²) in [5, 5.41) is 6.38. The monoisotopic (exact) mass is 477 g/mol. The molecular formula is C27H25ClFN3S. The van der Waals surface area contributed by atoms with Crippen molar-refractivity contribution in [3.8, 4) is 11.1 Å². The van der Waals surface area contributed by atoms with Crippen molar-refractivity contribution in [1.82, 2.24) is 4.98 Å². The van der Waals surface area contributed by atoms with Gasteiger partial charge in [0.25, 0.3) is 0 Å². The number of rotatable bonds is 6. The fraction of sp³-hybridized carbons (Fsp3) is 0.222. The first-order chi connectivity index (χ1) is 16.2. The number of hydrogen-bond donors (Lipinski definition) is 2. The van der Waals surface area contributed by atoms with Crippen molar-refractivity contribution in [2.24, 2.45) is 0 Å². The minimum absolute atomic E-state index is 0.308. The summed E-state index contributed by atoms with van der Waals surface area (Å²) in [6, 6.07) is 21.5. The summed E-state index contributed by atoms with van der Waals surface area (Å²) in [6.07, 6.45) is 8.24. The molecule has 0 aliphatic heterocycles. The number of hydrogen-bond acceptors (Lipinski definition) is 4. The Bertz CT molecular complexity index is 1270. The van der Waals surface area contributed by atoms with E-state index in [1.807, 2.05) is 42.6 Å². The molecule has 1 aliphatic rings. The molecule has 3 nitrogen and oxygen atoms in total. The molecule has 0 spiro atoms. The lowest BCUT2D eigenvalue weighted by molar-refractivity contribution is 0.462. The van der Waals surface area contributed by atoms with Crippen molar-refractivity contribution in [1.29, 1.82) is 0 Å². The van der Waals surface area contributed by atoms with Crippen LogP contribution in [0, 0.1) is 5.82 Å². The SMILES string of the molecule is Fc1cc(-c2ccc3cc(NC4CCCCC4)ncc3c2)ccc1NSc1ccccc1Cl. The summed E-state index contributed by atoms with van der Waals surface area (Å²) >= 11 is 7.47. The molecule has 4 aromatic rings. The minimum Gasteiger partial charge on any atom is -0.367 e. The molecule has 5 rings (SSSR count). The van der Waals surface area contributed by atoms with Gasteiger partial charge in [0.15, 0.2) is 0 Å². The summed E-state index contributed by atoms with van der Waals surface area (Å²) in [7, 11) is 0. The minimum atomic E-state index is -0.308. The smallest absolute Gasteiger partial charge is 0.147 e. The highest BCUT2D eigenvalue weighted by molar-refractivity contribution is 8.00. The van der Waals surface area contributed by atoms with E-state index in [-0.39, 0.29) is 5.82 Å². The second kappa shape index (κ2) is 10.0. The number of anilines is 2. The Morgan fingerprint density at radius 2 is 1.67 bits per heavy atom. The molecule has 1 aliphatic carbocycles. The van der Waals surface area contributed by atoms with Crippen LogP contribution in [0.1, 0.15) is 32.1 Å². The number of pyridine rings is 1. The van der Waals surface area contributed by atoms with Crippen LogP contribution < -0.4 is 10.0 Å². The van der Waals surface area contributed by atoms with E-state index in [0.29, 0.717) is 16.8 Å². The van der Waals surface area contributed by atoms with Gasteiger partial charge in [0, 0.05) is 22.5 Å². The molecule has 168 valence electrons. The summed E-state index contributed by atoms with van der Waals surface area (Å²) < 4.78 is 17.9. The normalized spacial score (nSPS) is 14.4. The van der Waals surface area contributed by atoms with Gasteiger partial charge in [0.1, 0.15) is 11.6 Å². The Labute approximate surface area is 202 Å². The van der Waals surface area contributed by atoms with E-state index in [1.165, 1.54) is 44.1 Å². The van der Waals surface area contributed by atoms with Crippen LogP contribution in [0.25, 0.3) is 21.9 Å². The average Bonchev–Trinajstić information content (AvgIpc) is 2.84. The Morgan fingerprint density at radius 3 is 2.48 bits per heavy atom. The van der Waals surface area contributed by atoms with E-state index < -0.39 is 0 Å². The molecule has 0 atom stereocenters. The molecule has 0 radical (unpaired) electrons. The van der Waals surface area contributed by atoms with Crippen LogP contribution in [0.5, 0.6) is 0 Å². The Kier molecular flexibility index (Phi) is 6.70. The highest BCUT2D eigenvalue weighted by atomic mass is 35.5. The van der Waals surface area contributed by atoms with Gasteiger partial charge in [-0.05, 0) is 77.7 Å². The molecule has 1 aromatic heterocycles. The van der Waals surface area contributed by atoms with Gasteiger partial charge >= 0.3 is 0 Å². The van der Waals surface area contributed by atoms with Crippen LogP contribution in [-0.2, 0) is 0 Å². The third-order valence-electron chi connectivity index (χ3n) is 6.09. The topological polar surface area (TPSA) is 37.0 Å². The van der Waals surface area contributed by atoms with Crippen molar-refractivity contribution >= 4 is 45.8 Å². The molecule has 1 fully saturated rings. The van der Waals surface area contributed by atoms with Gasteiger partial charge < -0.3 is 10.0 Å². The van der Waals surface area contributed by atoms with Crippen molar-refractivity contribution in [3.63, 3.8) is 0 Å². The van der Waals surface area contributed by atoms with Gasteiger partial charge in [0.05, 0.1) is 10.7 Å². The molecule has 6 heteroatoms. The first-order valence-electron chi connectivity index (χ1n) is 11.3. The number of nitrogens with one attached hydrogen (secondary N) is 2. The maximum Gasteiger partial charge on any atom is 0.147 e. The molecule has 3 aromatic carbocycles. The molecule has 0 bridgehead atoms. The fourth-order valence-electron chi connectivity index (χ4n) is 4.27. The van der Waals surface area contributed by atoms with Crippen LogP contribution >= 0.6 is 23.5 Å². The zero-order valence-corrected chi connectivity index (χ0v) is 19.7. The van der Waals surface area contributed by atoms with Gasteiger partial charge in [-0.15, -0.1) is 0 Å². The van der Waals surface area contributed by atoms with E-state index >= 15 is 0 Å². The van der Waals surface area contributed by atoms with Crippen LogP contribution in [0.15, 0.2) is 77.8 Å². The first kappa shape index (κ1) is 22.1. The van der Waals surface area contributed by atoms with Gasteiger partial charge in [0.2, 0.25) is 0 Å². The lowest BCUT2D eigenvalue weighted by Gasteiger charge is -2.23. The van der Waals surface area contributed by atoms with Crippen LogP contribution in [0.4, 0.5) is 15.9 Å². The van der Waals surface area contributed by atoms with Gasteiger partial charge in [-0.2, -0.15) is 0 Å². The maximum atomic E-state index is 14.8. The third kappa shape index (κ3) is 5.26. The molecule has 0 saturated heterocycles. The lowest BCUT2D eigenvalue weighted by atomic mass is 9.95. The number of fused-ring (bicyclic) bond motifs is 1. The Balaban J connectivity index is 1.31. The molecular weight excluding hydrogens is 453 g/mol. The van der Waals surface area contributed by atoms with Crippen LogP contribution in [0.3, 0.4) is 0 Å². The van der Waals surface area contributed by atoms with Crippen molar-refractivity contribution < 1.29 is 4.39 Å². The summed E-state index contributed by atoms with van der Waals surface area (Å²) in [4.78, 5) is 5.47. The van der Waals surface area contributed by atoms with Gasteiger partial charge in [-0.3, -0.25) is 0 Å². The lowest BCUT2D eigenvalue weighted by Crippen LogP contribution is -2.22. The zero-order chi connectivity index (χ0) is 22.6. The van der Waals surface area contributed by atoms with E-state index in [9.17, 15) is 4.39 Å². The van der Waals surface area contributed by atoms with Gasteiger partial charge in [-0.25, -0.2) is 9.37 Å². The van der Waals surface area contributed by atoms with Gasteiger partial charge in [-0.1, -0.05) is 61.2 Å². The highest BCUT2D eigenvalue weighted by Crippen LogP contribution is 2.32. The fourth-order valence-corrected chi connectivity index (χ4v) is 5.22. The number of nitrogens with zero attached hydrogens (tertiary/aromatic N) is 1. The summed E-state index contributed by atoms with van der Waals surface area (Å²) in [6.45, 7) is 0. The van der Waals surface area contributed by atoms with E-state index in [0.717, 1.165) is 32.6 Å². The predicted molar refractivity (Wildman–Crippen MR) is 139 cm³/mol. The van der Waals surface area contributed by atoms with E-state index in [2.05, 4.69) is 33.2 Å². The quantitative estimate of drug-likeness (QED) is 0.273. The Morgan fingerprint density at radius 1 is 0.879 bits per heavy atom. The largest absolute Gasteiger partial charge is 0.367 e. The average molecular weight is 478 g/mol. The first-order valence-corrected chi connectivity index (χ1v) is 12.5. The van der Waals surface area contributed by atoms with Crippen LogP contribution in [0.2, 0.25) is 5.02 Å². The predicted octanol–water partition coefficient (Wildman–Crippen LogP) is 8.56. The molecule has 2 N–H and O–H groups in total. The Hall–Kier alpha value is -2.76. The summed E-state index contributed by atoms with van der Waals surface area (Å²) in [5.74, 6) is 0.622. The second-order valence-corrected chi connectivity index (χ2v) is 9.70. The standard InChI is InChI=1S/C27H25ClFN3S/c28-23-8-4-5-9-26(23)33-32-25-13-12-19(15-24(25)29)18-10-11-20-16-27(30-17-21(20)14-18)31-22-6-2-1-3-7-22/h4-5,8-17,22,32H,1-3,6-7H2,(H,30,31).